The van der Waals surface area contributed by atoms with E-state index in [9.17, 15) is 14.4 Å². The molecular formula is C24H20N2O5. The quantitative estimate of drug-likeness (QED) is 0.330. The number of esters is 1. The third-order valence-electron chi connectivity index (χ3n) is 7.35. The molecule has 0 radical (unpaired) electrons. The van der Waals surface area contributed by atoms with Gasteiger partial charge in [0.05, 0.1) is 30.7 Å². The number of nitrogens with zero attached hydrogens (tertiary/aromatic N) is 2. The molecule has 4 atom stereocenters. The van der Waals surface area contributed by atoms with Crippen LogP contribution in [-0.4, -0.2) is 36.1 Å². The van der Waals surface area contributed by atoms with Crippen molar-refractivity contribution >= 4 is 24.0 Å². The van der Waals surface area contributed by atoms with E-state index < -0.39 is 5.97 Å². The number of imide groups is 1. The summed E-state index contributed by atoms with van der Waals surface area (Å²) in [7, 11) is 1.34. The summed E-state index contributed by atoms with van der Waals surface area (Å²) in [5.74, 6) is 0.0741. The van der Waals surface area contributed by atoms with Crippen molar-refractivity contribution in [2.75, 3.05) is 7.11 Å². The number of carbonyl (C=O) groups is 3. The van der Waals surface area contributed by atoms with Crippen molar-refractivity contribution in [3.8, 4) is 11.3 Å². The molecule has 4 aliphatic rings. The molecular weight excluding hydrogens is 396 g/mol. The Kier molecular flexibility index (Phi) is 3.70. The topological polar surface area (TPSA) is 89.2 Å². The van der Waals surface area contributed by atoms with Crippen LogP contribution < -0.4 is 0 Å². The summed E-state index contributed by atoms with van der Waals surface area (Å²) in [6.45, 7) is 0. The smallest absolute Gasteiger partial charge is 0.337 e. The molecule has 1 aromatic heterocycles. The molecule has 1 spiro atoms. The van der Waals surface area contributed by atoms with Crippen LogP contribution in [0.4, 0.5) is 0 Å². The van der Waals surface area contributed by atoms with Crippen molar-refractivity contribution in [3.05, 3.63) is 59.9 Å². The highest BCUT2D eigenvalue weighted by molar-refractivity contribution is 6.07. The first-order valence-corrected chi connectivity index (χ1v) is 10.4. The molecule has 2 aromatic rings. The van der Waals surface area contributed by atoms with Crippen molar-refractivity contribution in [2.45, 2.75) is 12.8 Å². The van der Waals surface area contributed by atoms with Crippen LogP contribution in [0.25, 0.3) is 11.3 Å². The van der Waals surface area contributed by atoms with Gasteiger partial charge in [-0.15, -0.1) is 0 Å². The maximum absolute atomic E-state index is 13.0. The standard InChI is InChI=1S/C24H20N2O5/c1-30-23(29)14-4-2-13(3-5-14)18-9-6-15(31-18)12-25-26-21(27)19-16-7-8-17(20(19)22(26)28)24(16)10-11-24/h2-9,12,16-17,19-20H,10-11H2,1H3/b25-12-/t16-,17-,19-,20-/m1/s1. The van der Waals surface area contributed by atoms with Gasteiger partial charge in [-0.1, -0.05) is 24.3 Å². The minimum absolute atomic E-state index is 0.176. The molecule has 6 rings (SSSR count). The summed E-state index contributed by atoms with van der Waals surface area (Å²) in [5, 5.41) is 5.22. The highest BCUT2D eigenvalue weighted by atomic mass is 16.5. The van der Waals surface area contributed by atoms with E-state index >= 15 is 0 Å². The van der Waals surface area contributed by atoms with Crippen LogP contribution in [0.1, 0.15) is 29.0 Å². The number of furan rings is 1. The third-order valence-corrected chi connectivity index (χ3v) is 7.35. The second-order valence-electron chi connectivity index (χ2n) is 8.72. The highest BCUT2D eigenvalue weighted by Gasteiger charge is 2.73. The Morgan fingerprint density at radius 2 is 1.71 bits per heavy atom. The van der Waals surface area contributed by atoms with Crippen molar-refractivity contribution < 1.29 is 23.5 Å². The van der Waals surface area contributed by atoms with Crippen LogP contribution in [-0.2, 0) is 14.3 Å². The Morgan fingerprint density at radius 1 is 1.06 bits per heavy atom. The van der Waals surface area contributed by atoms with Crippen LogP contribution in [0.2, 0.25) is 0 Å². The van der Waals surface area contributed by atoms with E-state index in [-0.39, 0.29) is 40.9 Å². The number of hydrogen-bond acceptors (Lipinski definition) is 6. The first kappa shape index (κ1) is 18.3. The lowest BCUT2D eigenvalue weighted by molar-refractivity contribution is -0.141. The molecule has 2 heterocycles. The summed E-state index contributed by atoms with van der Waals surface area (Å²) < 4.78 is 10.5. The number of amides is 2. The lowest BCUT2D eigenvalue weighted by Crippen LogP contribution is -2.30. The van der Waals surface area contributed by atoms with Gasteiger partial charge in [-0.3, -0.25) is 9.59 Å². The van der Waals surface area contributed by atoms with E-state index in [0.29, 0.717) is 17.1 Å². The van der Waals surface area contributed by atoms with Gasteiger partial charge in [0.1, 0.15) is 11.5 Å². The number of rotatable bonds is 4. The number of hydrazone groups is 1. The number of hydrogen-bond donors (Lipinski definition) is 0. The van der Waals surface area contributed by atoms with Crippen LogP contribution >= 0.6 is 0 Å². The molecule has 2 amide bonds. The van der Waals surface area contributed by atoms with Gasteiger partial charge in [0.25, 0.3) is 11.8 Å². The fourth-order valence-corrected chi connectivity index (χ4v) is 5.76. The SMILES string of the molecule is COC(=O)c1ccc(-c2ccc(/C=N\N3C(=O)[C@H]4[C@H](C3=O)[C@H]3C=C[C@H]4C34CC4)o2)cc1. The third kappa shape index (κ3) is 2.46. The minimum atomic E-state index is -0.403. The summed E-state index contributed by atoms with van der Waals surface area (Å²) in [6, 6.07) is 10.3. The average molecular weight is 416 g/mol. The molecule has 1 aliphatic heterocycles. The lowest BCUT2D eigenvalue weighted by Gasteiger charge is -2.18. The Hall–Kier alpha value is -3.48. The van der Waals surface area contributed by atoms with Crippen LogP contribution in [0.5, 0.6) is 0 Å². The minimum Gasteiger partial charge on any atom is -0.465 e. The Balaban J connectivity index is 1.19. The normalized spacial score (nSPS) is 29.4. The summed E-state index contributed by atoms with van der Waals surface area (Å²) in [4.78, 5) is 37.5. The number of carbonyl (C=O) groups excluding carboxylic acids is 3. The summed E-state index contributed by atoms with van der Waals surface area (Å²) in [5.41, 5.74) is 1.41. The van der Waals surface area contributed by atoms with Gasteiger partial charge in [0.15, 0.2) is 0 Å². The number of ether oxygens (including phenoxy) is 1. The molecule has 2 bridgehead atoms. The monoisotopic (exact) mass is 416 g/mol. The van der Waals surface area contributed by atoms with E-state index in [1.807, 2.05) is 0 Å². The van der Waals surface area contributed by atoms with Crippen LogP contribution in [0.15, 0.2) is 58.1 Å². The number of allylic oxidation sites excluding steroid dienone is 2. The predicted molar refractivity (Wildman–Crippen MR) is 110 cm³/mol. The second-order valence-corrected chi connectivity index (χ2v) is 8.72. The molecule has 1 saturated heterocycles. The Labute approximate surface area is 178 Å². The highest BCUT2D eigenvalue weighted by Crippen LogP contribution is 2.73. The van der Waals surface area contributed by atoms with Gasteiger partial charge in [0, 0.05) is 5.56 Å². The zero-order valence-corrected chi connectivity index (χ0v) is 16.9. The van der Waals surface area contributed by atoms with Crippen molar-refractivity contribution in [1.82, 2.24) is 5.01 Å². The average Bonchev–Trinajstić information content (AvgIpc) is 3.07. The van der Waals surface area contributed by atoms with Gasteiger partial charge < -0.3 is 9.15 Å². The molecule has 3 aliphatic carbocycles. The zero-order valence-electron chi connectivity index (χ0n) is 16.9. The van der Waals surface area contributed by atoms with E-state index in [1.54, 1.807) is 36.4 Å². The summed E-state index contributed by atoms with van der Waals surface area (Å²) >= 11 is 0. The van der Waals surface area contributed by atoms with Gasteiger partial charge in [-0.25, -0.2) is 4.79 Å². The molecule has 0 unspecified atom stereocenters. The molecule has 156 valence electrons. The van der Waals surface area contributed by atoms with Crippen LogP contribution in [0.3, 0.4) is 0 Å². The number of fused-ring (bicyclic) bond motifs is 3. The van der Waals surface area contributed by atoms with Crippen LogP contribution in [0, 0.1) is 29.1 Å². The van der Waals surface area contributed by atoms with E-state index in [0.717, 1.165) is 23.4 Å². The number of benzene rings is 1. The van der Waals surface area contributed by atoms with E-state index in [1.165, 1.54) is 13.3 Å². The number of methoxy groups -OCH3 is 1. The lowest BCUT2D eigenvalue weighted by atomic mass is 9.85. The molecule has 7 nitrogen and oxygen atoms in total. The first-order valence-electron chi connectivity index (χ1n) is 10.4. The van der Waals surface area contributed by atoms with Gasteiger partial charge in [-0.05, 0) is 54.4 Å². The van der Waals surface area contributed by atoms with Gasteiger partial charge in [0.2, 0.25) is 0 Å². The predicted octanol–water partition coefficient (Wildman–Crippen LogP) is 3.26. The molecule has 0 N–H and O–H groups in total. The fraction of sp³-hybridized carbons (Fsp3) is 0.333. The molecule has 2 saturated carbocycles. The summed E-state index contributed by atoms with van der Waals surface area (Å²) in [6.07, 6.45) is 7.91. The second kappa shape index (κ2) is 6.26. The fourth-order valence-electron chi connectivity index (χ4n) is 5.76. The maximum Gasteiger partial charge on any atom is 0.337 e. The van der Waals surface area contributed by atoms with Gasteiger partial charge in [-0.2, -0.15) is 10.1 Å². The maximum atomic E-state index is 13.0. The zero-order chi connectivity index (χ0) is 21.3. The van der Waals surface area contributed by atoms with Gasteiger partial charge >= 0.3 is 5.97 Å². The van der Waals surface area contributed by atoms with Crippen molar-refractivity contribution in [2.24, 2.45) is 34.2 Å². The van der Waals surface area contributed by atoms with E-state index in [4.69, 9.17) is 9.15 Å². The van der Waals surface area contributed by atoms with E-state index in [2.05, 4.69) is 17.3 Å². The Morgan fingerprint density at radius 3 is 2.29 bits per heavy atom. The molecule has 1 aromatic carbocycles. The Bertz CT molecular complexity index is 1140. The molecule has 31 heavy (non-hydrogen) atoms. The molecule has 7 heteroatoms. The van der Waals surface area contributed by atoms with Crippen molar-refractivity contribution in [1.29, 1.82) is 0 Å². The van der Waals surface area contributed by atoms with Crippen molar-refractivity contribution in [3.63, 3.8) is 0 Å². The first-order chi connectivity index (χ1) is 15.0. The molecule has 3 fully saturated rings. The largest absolute Gasteiger partial charge is 0.465 e.